The van der Waals surface area contributed by atoms with Crippen molar-refractivity contribution in [2.45, 2.75) is 0 Å². The van der Waals surface area contributed by atoms with Crippen LogP contribution in [0.3, 0.4) is 0 Å². The molecule has 28 valence electrons. The SMILES string of the molecule is [Cl][Ge]1([Cl])[CH]=[CH]1. The second-order valence-corrected chi connectivity index (χ2v) is 12.7. The average Bonchev–Trinajstić information content (AvgIpc) is 1.76. The normalized spacial score (nSPS) is 26.8. The van der Waals surface area contributed by atoms with Crippen LogP contribution in [0.2, 0.25) is 0 Å². The molecule has 0 aromatic carbocycles. The molecule has 3 heteroatoms. The van der Waals surface area contributed by atoms with Crippen LogP contribution in [0.4, 0.5) is 0 Å². The Morgan fingerprint density at radius 1 is 1.20 bits per heavy atom. The zero-order chi connectivity index (χ0) is 3.91. The van der Waals surface area contributed by atoms with Gasteiger partial charge in [0, 0.05) is 0 Å². The van der Waals surface area contributed by atoms with E-state index in [1.54, 1.807) is 0 Å². The maximum atomic E-state index is 5.48. The molecule has 1 aliphatic heterocycles. The van der Waals surface area contributed by atoms with Crippen molar-refractivity contribution in [2.24, 2.45) is 0 Å². The molecule has 0 nitrogen and oxygen atoms in total. The van der Waals surface area contributed by atoms with Crippen LogP contribution >= 0.6 is 20.0 Å². The van der Waals surface area contributed by atoms with E-state index in [1.807, 2.05) is 9.82 Å². The quantitative estimate of drug-likeness (QED) is 0.483. The molecule has 0 aromatic heterocycles. The molecule has 0 amide bonds. The Balaban J connectivity index is 2.47. The number of rotatable bonds is 0. The number of halogens is 2. The molecule has 0 fully saturated rings. The molecule has 0 bridgehead atoms. The molecule has 0 saturated heterocycles. The molecule has 0 aromatic rings. The number of hydrogen-bond acceptors (Lipinski definition) is 0. The molecule has 0 saturated carbocycles. The maximum absolute atomic E-state index is 5.48. The Labute approximate surface area is 41.5 Å². The third-order valence-electron chi connectivity index (χ3n) is 0.419. The van der Waals surface area contributed by atoms with Crippen molar-refractivity contribution < 1.29 is 0 Å². The predicted molar refractivity (Wildman–Crippen MR) is 26.6 cm³/mol. The standard InChI is InChI=1S/C2H2Cl2Ge/c3-5(4)1-2-5/h1-2H. The minimum absolute atomic E-state index is 1.91. The van der Waals surface area contributed by atoms with Crippen molar-refractivity contribution >= 4 is 31.4 Å². The summed E-state index contributed by atoms with van der Waals surface area (Å²) in [7, 11) is 11.0. The van der Waals surface area contributed by atoms with Gasteiger partial charge in [-0.2, -0.15) is 0 Å². The van der Waals surface area contributed by atoms with Gasteiger partial charge in [0.2, 0.25) is 0 Å². The molecule has 1 aliphatic rings. The summed E-state index contributed by atoms with van der Waals surface area (Å²) >= 11 is -2.06. The predicted octanol–water partition coefficient (Wildman–Crippen LogP) is 1.55. The van der Waals surface area contributed by atoms with Crippen LogP contribution in [0.5, 0.6) is 0 Å². The molecule has 1 rings (SSSR count). The first-order valence-corrected chi connectivity index (χ1v) is 9.23. The van der Waals surface area contributed by atoms with Crippen molar-refractivity contribution in [1.29, 1.82) is 0 Å². The van der Waals surface area contributed by atoms with Gasteiger partial charge in [-0.15, -0.1) is 0 Å². The Bertz CT molecular complexity index is 67.7. The van der Waals surface area contributed by atoms with Crippen LogP contribution in [-0.4, -0.2) is 11.4 Å². The fraction of sp³-hybridized carbons (Fsp3) is 0. The summed E-state index contributed by atoms with van der Waals surface area (Å²) in [4.78, 5) is 3.81. The molecule has 1 heterocycles. The molecule has 0 atom stereocenters. The van der Waals surface area contributed by atoms with E-state index in [9.17, 15) is 0 Å². The fourth-order valence-corrected chi connectivity index (χ4v) is 5.10. The van der Waals surface area contributed by atoms with E-state index in [1.165, 1.54) is 0 Å². The first-order valence-electron chi connectivity index (χ1n) is 1.29. The van der Waals surface area contributed by atoms with E-state index in [0.717, 1.165) is 0 Å². The zero-order valence-corrected chi connectivity index (χ0v) is 6.02. The van der Waals surface area contributed by atoms with Crippen molar-refractivity contribution in [3.63, 3.8) is 0 Å². The summed E-state index contributed by atoms with van der Waals surface area (Å²) in [5.74, 6) is 0. The molecular weight excluding hydrogens is 168 g/mol. The van der Waals surface area contributed by atoms with E-state index in [-0.39, 0.29) is 0 Å². The average molecular weight is 170 g/mol. The molecule has 0 N–H and O–H groups in total. The van der Waals surface area contributed by atoms with Gasteiger partial charge in [0.05, 0.1) is 0 Å². The Morgan fingerprint density at radius 2 is 1.40 bits per heavy atom. The van der Waals surface area contributed by atoms with Crippen LogP contribution in [0.25, 0.3) is 0 Å². The summed E-state index contributed by atoms with van der Waals surface area (Å²) in [6.07, 6.45) is 0. The zero-order valence-electron chi connectivity index (χ0n) is 2.41. The molecule has 0 unspecified atom stereocenters. The van der Waals surface area contributed by atoms with E-state index in [4.69, 9.17) is 20.0 Å². The van der Waals surface area contributed by atoms with Gasteiger partial charge >= 0.3 is 41.2 Å². The van der Waals surface area contributed by atoms with Gasteiger partial charge in [-0.1, -0.05) is 0 Å². The van der Waals surface area contributed by atoms with E-state index in [0.29, 0.717) is 0 Å². The molecular formula is C2H2Cl2Ge. The third kappa shape index (κ3) is 1.16. The van der Waals surface area contributed by atoms with Gasteiger partial charge in [0.25, 0.3) is 0 Å². The van der Waals surface area contributed by atoms with E-state index < -0.39 is 11.4 Å². The van der Waals surface area contributed by atoms with Crippen molar-refractivity contribution in [3.05, 3.63) is 9.82 Å². The van der Waals surface area contributed by atoms with E-state index in [2.05, 4.69) is 0 Å². The van der Waals surface area contributed by atoms with Gasteiger partial charge in [-0.05, 0) is 0 Å². The second-order valence-electron chi connectivity index (χ2n) is 1.01. The van der Waals surface area contributed by atoms with Crippen molar-refractivity contribution in [1.82, 2.24) is 0 Å². The molecule has 0 radical (unpaired) electrons. The minimum atomic E-state index is -2.06. The first-order chi connectivity index (χ1) is 2.21. The Kier molecular flexibility index (Phi) is 0.745. The second kappa shape index (κ2) is 0.924. The topological polar surface area (TPSA) is 0 Å². The molecule has 0 spiro atoms. The first kappa shape index (κ1) is 4.03. The van der Waals surface area contributed by atoms with Gasteiger partial charge in [-0.3, -0.25) is 0 Å². The van der Waals surface area contributed by atoms with Gasteiger partial charge in [-0.25, -0.2) is 0 Å². The van der Waals surface area contributed by atoms with Crippen LogP contribution in [-0.2, 0) is 0 Å². The van der Waals surface area contributed by atoms with Crippen LogP contribution in [0.1, 0.15) is 0 Å². The summed E-state index contributed by atoms with van der Waals surface area (Å²) in [5, 5.41) is 0. The van der Waals surface area contributed by atoms with Gasteiger partial charge < -0.3 is 0 Å². The van der Waals surface area contributed by atoms with Crippen LogP contribution in [0.15, 0.2) is 9.82 Å². The third-order valence-corrected chi connectivity index (χ3v) is 4.79. The molecule has 5 heavy (non-hydrogen) atoms. The van der Waals surface area contributed by atoms with Crippen molar-refractivity contribution in [3.8, 4) is 0 Å². The summed E-state index contributed by atoms with van der Waals surface area (Å²) in [6.45, 7) is 0. The van der Waals surface area contributed by atoms with Crippen LogP contribution < -0.4 is 0 Å². The number of hydrogen-bond donors (Lipinski definition) is 0. The fourth-order valence-electron chi connectivity index (χ4n) is 0.0630. The van der Waals surface area contributed by atoms with Crippen LogP contribution in [0, 0.1) is 0 Å². The summed E-state index contributed by atoms with van der Waals surface area (Å²) in [5.41, 5.74) is 0. The van der Waals surface area contributed by atoms with Crippen molar-refractivity contribution in [2.75, 3.05) is 0 Å². The Morgan fingerprint density at radius 3 is 1.40 bits per heavy atom. The van der Waals surface area contributed by atoms with Gasteiger partial charge in [0.1, 0.15) is 0 Å². The van der Waals surface area contributed by atoms with E-state index >= 15 is 0 Å². The molecule has 0 aliphatic carbocycles. The summed E-state index contributed by atoms with van der Waals surface area (Å²) < 4.78 is 0. The Hall–Kier alpha value is 0.863. The van der Waals surface area contributed by atoms with Gasteiger partial charge in [0.15, 0.2) is 0 Å². The monoisotopic (exact) mass is 170 g/mol. The summed E-state index contributed by atoms with van der Waals surface area (Å²) in [6, 6.07) is 0.